The van der Waals surface area contributed by atoms with E-state index in [2.05, 4.69) is 15.0 Å². The maximum absolute atomic E-state index is 11.2. The normalized spacial score (nSPS) is 11.2. The summed E-state index contributed by atoms with van der Waals surface area (Å²) in [6.07, 6.45) is 1.31. The van der Waals surface area contributed by atoms with Crippen LogP contribution in [0, 0.1) is 0 Å². The van der Waals surface area contributed by atoms with Crippen LogP contribution in [0.1, 0.15) is 0 Å². The molecule has 7 nitrogen and oxygen atoms in total. The molecule has 0 bridgehead atoms. The predicted molar refractivity (Wildman–Crippen MR) is 95.4 cm³/mol. The molecular formula is C17H13N5O2S. The van der Waals surface area contributed by atoms with Gasteiger partial charge in [-0.05, 0) is 22.9 Å². The van der Waals surface area contributed by atoms with Gasteiger partial charge in [0.1, 0.15) is 12.9 Å². The standard InChI is InChI=1S/C17H13N5O2S/c18-15-14-16(20-9-19-15)22(8-13(23)24)17(21-14)25-12-6-5-10-3-1-2-4-11(10)7-12/h1-7,9H,8H2,(H,23,24)(H2,18,19,20). The van der Waals surface area contributed by atoms with Crippen molar-refractivity contribution in [2.24, 2.45) is 0 Å². The van der Waals surface area contributed by atoms with Crippen molar-refractivity contribution in [3.05, 3.63) is 48.8 Å². The Morgan fingerprint density at radius 2 is 1.96 bits per heavy atom. The van der Waals surface area contributed by atoms with Gasteiger partial charge in [0.15, 0.2) is 22.1 Å². The molecule has 0 aliphatic heterocycles. The zero-order valence-corrected chi connectivity index (χ0v) is 13.8. The van der Waals surface area contributed by atoms with Gasteiger partial charge >= 0.3 is 5.97 Å². The molecule has 0 amide bonds. The third kappa shape index (κ3) is 2.87. The average molecular weight is 351 g/mol. The van der Waals surface area contributed by atoms with Crippen LogP contribution < -0.4 is 5.73 Å². The van der Waals surface area contributed by atoms with E-state index in [1.807, 2.05) is 42.5 Å². The average Bonchev–Trinajstić information content (AvgIpc) is 2.93. The molecule has 4 aromatic rings. The minimum absolute atomic E-state index is 0.231. The van der Waals surface area contributed by atoms with Crippen molar-refractivity contribution in [2.75, 3.05) is 5.73 Å². The van der Waals surface area contributed by atoms with Crippen molar-refractivity contribution in [3.8, 4) is 0 Å². The molecule has 124 valence electrons. The van der Waals surface area contributed by atoms with Gasteiger partial charge in [0, 0.05) is 4.90 Å². The van der Waals surface area contributed by atoms with E-state index in [9.17, 15) is 9.90 Å². The van der Waals surface area contributed by atoms with Crippen LogP contribution >= 0.6 is 11.8 Å². The largest absolute Gasteiger partial charge is 0.480 e. The molecule has 0 radical (unpaired) electrons. The minimum atomic E-state index is -0.975. The monoisotopic (exact) mass is 351 g/mol. The van der Waals surface area contributed by atoms with Gasteiger partial charge in [0.2, 0.25) is 0 Å². The smallest absolute Gasteiger partial charge is 0.323 e. The molecule has 0 aliphatic carbocycles. The second-order valence-electron chi connectivity index (χ2n) is 5.42. The zero-order chi connectivity index (χ0) is 17.4. The maximum Gasteiger partial charge on any atom is 0.323 e. The summed E-state index contributed by atoms with van der Waals surface area (Å²) in [6, 6.07) is 14.1. The Kier molecular flexibility index (Phi) is 3.73. The van der Waals surface area contributed by atoms with Crippen LogP contribution in [-0.2, 0) is 11.3 Å². The van der Waals surface area contributed by atoms with Crippen LogP contribution in [0.25, 0.3) is 21.9 Å². The highest BCUT2D eigenvalue weighted by atomic mass is 32.2. The first kappa shape index (κ1) is 15.4. The first-order valence-corrected chi connectivity index (χ1v) is 8.28. The Labute approximate surface area is 146 Å². The second kappa shape index (κ2) is 6.06. The lowest BCUT2D eigenvalue weighted by atomic mass is 10.1. The quantitative estimate of drug-likeness (QED) is 0.582. The molecule has 0 spiro atoms. The number of carbonyl (C=O) groups is 1. The van der Waals surface area contributed by atoms with Gasteiger partial charge in [-0.2, -0.15) is 0 Å². The molecule has 0 aliphatic rings. The van der Waals surface area contributed by atoms with E-state index >= 15 is 0 Å². The molecule has 4 rings (SSSR count). The SMILES string of the molecule is Nc1ncnc2c1nc(Sc1ccc3ccccc3c1)n2CC(=O)O. The molecular weight excluding hydrogens is 338 g/mol. The molecule has 8 heteroatoms. The summed E-state index contributed by atoms with van der Waals surface area (Å²) in [5.74, 6) is -0.744. The molecule has 2 heterocycles. The first-order valence-electron chi connectivity index (χ1n) is 7.47. The zero-order valence-electron chi connectivity index (χ0n) is 13.0. The predicted octanol–water partition coefficient (Wildman–Crippen LogP) is 2.80. The van der Waals surface area contributed by atoms with Crippen molar-refractivity contribution >= 4 is 45.5 Å². The lowest BCUT2D eigenvalue weighted by molar-refractivity contribution is -0.137. The molecule has 0 saturated carbocycles. The van der Waals surface area contributed by atoms with Gasteiger partial charge in [-0.15, -0.1) is 0 Å². The fourth-order valence-electron chi connectivity index (χ4n) is 2.63. The topological polar surface area (TPSA) is 107 Å². The Morgan fingerprint density at radius 3 is 2.76 bits per heavy atom. The highest BCUT2D eigenvalue weighted by molar-refractivity contribution is 7.99. The molecule has 0 unspecified atom stereocenters. The van der Waals surface area contributed by atoms with E-state index in [4.69, 9.17) is 5.73 Å². The number of rotatable bonds is 4. The summed E-state index contributed by atoms with van der Waals surface area (Å²) >= 11 is 1.37. The Bertz CT molecular complexity index is 1110. The molecule has 0 fully saturated rings. The van der Waals surface area contributed by atoms with Crippen LogP contribution in [-0.4, -0.2) is 30.6 Å². The molecule has 2 aromatic heterocycles. The highest BCUT2D eigenvalue weighted by Crippen LogP contribution is 2.32. The van der Waals surface area contributed by atoms with Crippen LogP contribution in [0.4, 0.5) is 5.82 Å². The number of nitrogens with zero attached hydrogens (tertiary/aromatic N) is 4. The molecule has 0 atom stereocenters. The fourth-order valence-corrected chi connectivity index (χ4v) is 3.56. The maximum atomic E-state index is 11.2. The van der Waals surface area contributed by atoms with E-state index in [1.54, 1.807) is 0 Å². The van der Waals surface area contributed by atoms with Gasteiger partial charge in [0.25, 0.3) is 0 Å². The number of benzene rings is 2. The van der Waals surface area contributed by atoms with Crippen LogP contribution in [0.5, 0.6) is 0 Å². The number of hydrogen-bond acceptors (Lipinski definition) is 6. The third-order valence-electron chi connectivity index (χ3n) is 3.75. The Hall–Kier alpha value is -3.13. The summed E-state index contributed by atoms with van der Waals surface area (Å²) in [7, 11) is 0. The van der Waals surface area contributed by atoms with Crippen molar-refractivity contribution in [2.45, 2.75) is 16.6 Å². The number of nitrogen functional groups attached to an aromatic ring is 1. The van der Waals surface area contributed by atoms with Crippen LogP contribution in [0.2, 0.25) is 0 Å². The van der Waals surface area contributed by atoms with E-state index < -0.39 is 5.97 Å². The van der Waals surface area contributed by atoms with Crippen LogP contribution in [0.3, 0.4) is 0 Å². The van der Waals surface area contributed by atoms with Gasteiger partial charge in [-0.1, -0.05) is 42.1 Å². The van der Waals surface area contributed by atoms with Crippen molar-refractivity contribution in [1.29, 1.82) is 0 Å². The van der Waals surface area contributed by atoms with E-state index in [1.165, 1.54) is 22.7 Å². The third-order valence-corrected chi connectivity index (χ3v) is 4.73. The summed E-state index contributed by atoms with van der Waals surface area (Å²) in [5.41, 5.74) is 6.68. The number of carboxylic acid groups (broad SMARTS) is 1. The van der Waals surface area contributed by atoms with Crippen LogP contribution in [0.15, 0.2) is 58.8 Å². The lowest BCUT2D eigenvalue weighted by Gasteiger charge is -2.06. The number of nitrogens with two attached hydrogens (primary N) is 1. The number of hydrogen-bond donors (Lipinski definition) is 2. The number of fused-ring (bicyclic) bond motifs is 2. The van der Waals surface area contributed by atoms with Crippen molar-refractivity contribution in [1.82, 2.24) is 19.5 Å². The summed E-state index contributed by atoms with van der Waals surface area (Å²) in [5, 5.41) is 12.0. The number of imidazole rings is 1. The number of carboxylic acids is 1. The molecule has 25 heavy (non-hydrogen) atoms. The Morgan fingerprint density at radius 1 is 1.16 bits per heavy atom. The van der Waals surface area contributed by atoms with Crippen molar-refractivity contribution < 1.29 is 9.90 Å². The summed E-state index contributed by atoms with van der Waals surface area (Å²) < 4.78 is 1.54. The number of aliphatic carboxylic acids is 1. The Balaban J connectivity index is 1.81. The van der Waals surface area contributed by atoms with E-state index in [-0.39, 0.29) is 12.4 Å². The summed E-state index contributed by atoms with van der Waals surface area (Å²) in [6.45, 7) is -0.247. The van der Waals surface area contributed by atoms with Crippen molar-refractivity contribution in [3.63, 3.8) is 0 Å². The lowest BCUT2D eigenvalue weighted by Crippen LogP contribution is -2.10. The first-order chi connectivity index (χ1) is 12.1. The second-order valence-corrected chi connectivity index (χ2v) is 6.46. The minimum Gasteiger partial charge on any atom is -0.480 e. The number of anilines is 1. The molecule has 0 saturated heterocycles. The number of aromatic nitrogens is 4. The van der Waals surface area contributed by atoms with Gasteiger partial charge in [0.05, 0.1) is 0 Å². The fraction of sp³-hybridized carbons (Fsp3) is 0.0588. The van der Waals surface area contributed by atoms with Gasteiger partial charge in [-0.25, -0.2) is 15.0 Å². The van der Waals surface area contributed by atoms with Gasteiger partial charge < -0.3 is 10.8 Å². The van der Waals surface area contributed by atoms with E-state index in [0.717, 1.165) is 15.7 Å². The van der Waals surface area contributed by atoms with Gasteiger partial charge in [-0.3, -0.25) is 9.36 Å². The van der Waals surface area contributed by atoms with E-state index in [0.29, 0.717) is 16.3 Å². The summed E-state index contributed by atoms with van der Waals surface area (Å²) in [4.78, 5) is 24.7. The molecule has 2 aromatic carbocycles. The molecule has 3 N–H and O–H groups in total. The highest BCUT2D eigenvalue weighted by Gasteiger charge is 2.17.